The summed E-state index contributed by atoms with van der Waals surface area (Å²) in [6.45, 7) is 4.63. The molecule has 0 spiro atoms. The van der Waals surface area contributed by atoms with Gasteiger partial charge < -0.3 is 38.6 Å². The summed E-state index contributed by atoms with van der Waals surface area (Å²) in [5, 5.41) is 18.5. The van der Waals surface area contributed by atoms with Crippen molar-refractivity contribution in [3.8, 4) is 45.6 Å². The minimum Gasteiger partial charge on any atom is -0.493 e. The van der Waals surface area contributed by atoms with E-state index in [0.29, 0.717) is 34.5 Å². The first-order valence-electron chi connectivity index (χ1n) is 17.5. The van der Waals surface area contributed by atoms with Gasteiger partial charge in [0.1, 0.15) is 13.2 Å². The fourth-order valence-electron chi connectivity index (χ4n) is 7.21. The molecule has 1 aliphatic carbocycles. The molecule has 8 heteroatoms. The highest BCUT2D eigenvalue weighted by atomic mass is 16.5. The summed E-state index contributed by atoms with van der Waals surface area (Å²) in [4.78, 5) is 0. The molecule has 2 N–H and O–H groups in total. The lowest BCUT2D eigenvalue weighted by Gasteiger charge is -2.32. The first kappa shape index (κ1) is 37.3. The molecule has 270 valence electrons. The molecule has 0 saturated carbocycles. The lowest BCUT2D eigenvalue weighted by atomic mass is 9.71. The van der Waals surface area contributed by atoms with E-state index in [4.69, 9.17) is 28.4 Å². The molecule has 8 nitrogen and oxygen atoms in total. The van der Waals surface area contributed by atoms with Crippen LogP contribution >= 0.6 is 0 Å². The van der Waals surface area contributed by atoms with Crippen LogP contribution in [0.25, 0.3) is 35.4 Å². The molecule has 0 aliphatic heterocycles. The Morgan fingerprint density at radius 2 is 0.863 bits per heavy atom. The summed E-state index contributed by atoms with van der Waals surface area (Å²) in [6, 6.07) is 21.3. The molecule has 0 radical (unpaired) electrons. The van der Waals surface area contributed by atoms with Gasteiger partial charge in [0.05, 0.1) is 41.7 Å². The molecular weight excluding hydrogens is 644 g/mol. The summed E-state index contributed by atoms with van der Waals surface area (Å²) < 4.78 is 33.8. The Morgan fingerprint density at radius 3 is 1.18 bits per heavy atom. The van der Waals surface area contributed by atoms with Crippen molar-refractivity contribution in [3.05, 3.63) is 94.0 Å². The number of ether oxygens (including phenoxy) is 6. The molecule has 1 aliphatic rings. The van der Waals surface area contributed by atoms with Crippen molar-refractivity contribution in [2.75, 3.05) is 54.9 Å². The molecule has 0 aromatic heterocycles. The number of hydrogen-bond donors (Lipinski definition) is 2. The first-order valence-corrected chi connectivity index (χ1v) is 17.5. The van der Waals surface area contributed by atoms with Crippen molar-refractivity contribution in [3.63, 3.8) is 0 Å². The van der Waals surface area contributed by atoms with Gasteiger partial charge in [-0.25, -0.2) is 0 Å². The molecule has 51 heavy (non-hydrogen) atoms. The third-order valence-corrected chi connectivity index (χ3v) is 9.34. The third kappa shape index (κ3) is 7.87. The Labute approximate surface area is 301 Å². The summed E-state index contributed by atoms with van der Waals surface area (Å²) >= 11 is 0. The van der Waals surface area contributed by atoms with Crippen LogP contribution in [-0.4, -0.2) is 65.1 Å². The second-order valence-electron chi connectivity index (χ2n) is 12.5. The van der Waals surface area contributed by atoms with Gasteiger partial charge in [0.2, 0.25) is 11.5 Å². The molecule has 0 heterocycles. The number of aliphatic hydroxyl groups is 2. The predicted octanol–water partition coefficient (Wildman–Crippen LogP) is 8.67. The molecule has 5 rings (SSSR count). The highest BCUT2D eigenvalue weighted by Gasteiger charge is 2.41. The van der Waals surface area contributed by atoms with Crippen LogP contribution in [0, 0.1) is 0 Å². The van der Waals surface area contributed by atoms with Gasteiger partial charge in [-0.2, -0.15) is 0 Å². The van der Waals surface area contributed by atoms with Crippen LogP contribution in [0.3, 0.4) is 0 Å². The normalized spacial score (nSPS) is 12.9. The van der Waals surface area contributed by atoms with E-state index in [0.717, 1.165) is 47.9 Å². The largest absolute Gasteiger partial charge is 0.493 e. The van der Waals surface area contributed by atoms with Crippen LogP contribution in [0.5, 0.6) is 34.5 Å². The van der Waals surface area contributed by atoms with E-state index in [-0.39, 0.29) is 31.8 Å². The summed E-state index contributed by atoms with van der Waals surface area (Å²) in [7, 11) is 6.38. The molecular formula is C43H50O8. The summed E-state index contributed by atoms with van der Waals surface area (Å²) in [5.74, 6) is 3.13. The Bertz CT molecular complexity index is 1670. The highest BCUT2D eigenvalue weighted by molar-refractivity contribution is 5.85. The number of aliphatic hydroxyl groups excluding tert-OH is 2. The topological polar surface area (TPSA) is 95.8 Å². The number of methoxy groups -OCH3 is 4. The van der Waals surface area contributed by atoms with Crippen molar-refractivity contribution in [1.82, 2.24) is 0 Å². The van der Waals surface area contributed by atoms with Gasteiger partial charge >= 0.3 is 0 Å². The number of rotatable bonds is 18. The first-order chi connectivity index (χ1) is 24.9. The molecule has 0 saturated heterocycles. The fourth-order valence-corrected chi connectivity index (χ4v) is 7.21. The Kier molecular flexibility index (Phi) is 12.7. The summed E-state index contributed by atoms with van der Waals surface area (Å²) in [6.07, 6.45) is 12.6. The molecule has 0 bridgehead atoms. The molecule has 0 fully saturated rings. The van der Waals surface area contributed by atoms with Crippen LogP contribution in [0.2, 0.25) is 0 Å². The van der Waals surface area contributed by atoms with Crippen molar-refractivity contribution in [1.29, 1.82) is 0 Å². The third-order valence-electron chi connectivity index (χ3n) is 9.34. The number of hydrogen-bond acceptors (Lipinski definition) is 8. The quantitative estimate of drug-likeness (QED) is 0.1000. The van der Waals surface area contributed by atoms with Gasteiger partial charge in [0.25, 0.3) is 0 Å². The fraction of sp³-hybridized carbons (Fsp3) is 0.349. The average Bonchev–Trinajstić information content (AvgIpc) is 3.42. The van der Waals surface area contributed by atoms with Crippen LogP contribution in [0.15, 0.2) is 60.7 Å². The minimum atomic E-state index is -0.102. The maximum atomic E-state index is 9.25. The van der Waals surface area contributed by atoms with E-state index in [1.165, 1.54) is 22.3 Å². The SMILES string of the molecule is CCCC1(CCC)c2cc(/C=C/c3cc(OC)c(OCCO)c(OC)c3)ccc2-c2ccc(/C=C/c3cc(OC)c(OCCO)c(OC)c3)cc21. The Balaban J connectivity index is 1.50. The van der Waals surface area contributed by atoms with Gasteiger partial charge in [0.15, 0.2) is 23.0 Å². The lowest BCUT2D eigenvalue weighted by Crippen LogP contribution is -2.25. The van der Waals surface area contributed by atoms with Crippen molar-refractivity contribution >= 4 is 24.3 Å². The van der Waals surface area contributed by atoms with Gasteiger partial charge in [-0.3, -0.25) is 0 Å². The van der Waals surface area contributed by atoms with Crippen LogP contribution in [-0.2, 0) is 5.41 Å². The van der Waals surface area contributed by atoms with Crippen molar-refractivity contribution < 1.29 is 38.6 Å². The second kappa shape index (κ2) is 17.3. The Morgan fingerprint density at radius 1 is 0.510 bits per heavy atom. The minimum absolute atomic E-state index is 0.0991. The van der Waals surface area contributed by atoms with Crippen LogP contribution in [0.1, 0.15) is 72.9 Å². The van der Waals surface area contributed by atoms with E-state index < -0.39 is 0 Å². The van der Waals surface area contributed by atoms with Crippen LogP contribution < -0.4 is 28.4 Å². The molecule has 0 amide bonds. The van der Waals surface area contributed by atoms with Crippen molar-refractivity contribution in [2.24, 2.45) is 0 Å². The molecule has 4 aromatic rings. The highest BCUT2D eigenvalue weighted by Crippen LogP contribution is 2.54. The Hall–Kier alpha value is -4.92. The zero-order valence-electron chi connectivity index (χ0n) is 30.6. The van der Waals surface area contributed by atoms with Gasteiger partial charge in [0, 0.05) is 5.41 Å². The zero-order valence-corrected chi connectivity index (χ0v) is 30.6. The smallest absolute Gasteiger partial charge is 0.203 e. The maximum Gasteiger partial charge on any atom is 0.203 e. The number of benzene rings is 4. The van der Waals surface area contributed by atoms with E-state index in [1.807, 2.05) is 24.3 Å². The van der Waals surface area contributed by atoms with E-state index in [2.05, 4.69) is 74.5 Å². The predicted molar refractivity (Wildman–Crippen MR) is 205 cm³/mol. The zero-order chi connectivity index (χ0) is 36.4. The summed E-state index contributed by atoms with van der Waals surface area (Å²) in [5.41, 5.74) is 9.30. The second-order valence-corrected chi connectivity index (χ2v) is 12.5. The monoisotopic (exact) mass is 694 g/mol. The number of fused-ring (bicyclic) bond motifs is 3. The van der Waals surface area contributed by atoms with E-state index >= 15 is 0 Å². The van der Waals surface area contributed by atoms with Gasteiger partial charge in [-0.1, -0.05) is 87.4 Å². The van der Waals surface area contributed by atoms with E-state index in [9.17, 15) is 10.2 Å². The molecule has 0 atom stereocenters. The van der Waals surface area contributed by atoms with Crippen molar-refractivity contribution in [2.45, 2.75) is 44.9 Å². The average molecular weight is 695 g/mol. The van der Waals surface area contributed by atoms with Gasteiger partial charge in [-0.05, 0) is 81.6 Å². The molecule has 0 unspecified atom stereocenters. The lowest BCUT2D eigenvalue weighted by molar-refractivity contribution is 0.191. The van der Waals surface area contributed by atoms with E-state index in [1.54, 1.807) is 28.4 Å². The maximum absolute atomic E-state index is 9.25. The molecule has 4 aromatic carbocycles. The standard InChI is InChI=1S/C43H50O8/c1-7-17-43(18-8-2)35-23-29(9-11-31-25-37(46-3)41(50-21-19-44)38(26-31)47-4)13-15-33(35)34-16-14-30(24-36(34)43)10-12-32-27-39(48-5)42(51-22-20-45)40(28-32)49-6/h9-16,23-28,44-45H,7-8,17-22H2,1-6H3/b11-9+,12-10+. The van der Waals surface area contributed by atoms with Gasteiger partial charge in [-0.15, -0.1) is 0 Å². The van der Waals surface area contributed by atoms with Crippen LogP contribution in [0.4, 0.5) is 0 Å².